The molecule has 2 rings (SSSR count). The van der Waals surface area contributed by atoms with E-state index >= 15 is 0 Å². The lowest BCUT2D eigenvalue weighted by atomic mass is 10.0. The maximum atomic E-state index is 11.9. The maximum Gasteiger partial charge on any atom is 0.253 e. The van der Waals surface area contributed by atoms with Gasteiger partial charge in [-0.25, -0.2) is 0 Å². The molecule has 0 bridgehead atoms. The molecule has 4 heteroatoms. The Kier molecular flexibility index (Phi) is 4.38. The van der Waals surface area contributed by atoms with Gasteiger partial charge in [-0.15, -0.1) is 0 Å². The summed E-state index contributed by atoms with van der Waals surface area (Å²) in [5.41, 5.74) is 2.84. The van der Waals surface area contributed by atoms with Crippen LogP contribution in [-0.4, -0.2) is 38.3 Å². The third kappa shape index (κ3) is 2.94. The molecule has 2 aromatic carbocycles. The molecule has 0 radical (unpaired) electrons. The molecule has 0 fully saturated rings. The number of hydrogen-bond donors (Lipinski definition) is 0. The van der Waals surface area contributed by atoms with E-state index in [4.69, 9.17) is 4.74 Å². The molecular formula is C17H17NO3. The van der Waals surface area contributed by atoms with Gasteiger partial charge in [0.2, 0.25) is 0 Å². The maximum absolute atomic E-state index is 11.9. The van der Waals surface area contributed by atoms with Gasteiger partial charge >= 0.3 is 0 Å². The summed E-state index contributed by atoms with van der Waals surface area (Å²) in [5.74, 6) is 0.495. The third-order valence-electron chi connectivity index (χ3n) is 3.23. The zero-order chi connectivity index (χ0) is 15.4. The molecular weight excluding hydrogens is 266 g/mol. The number of ether oxygens (including phenoxy) is 1. The second-order valence-corrected chi connectivity index (χ2v) is 4.82. The fourth-order valence-electron chi connectivity index (χ4n) is 2.15. The van der Waals surface area contributed by atoms with E-state index in [1.165, 1.54) is 12.0 Å². The van der Waals surface area contributed by atoms with Crippen LogP contribution in [0.3, 0.4) is 0 Å². The van der Waals surface area contributed by atoms with Crippen LogP contribution in [0.15, 0.2) is 42.5 Å². The largest absolute Gasteiger partial charge is 0.495 e. The summed E-state index contributed by atoms with van der Waals surface area (Å²) in [5, 5.41) is 0. The number of para-hydroxylation sites is 1. The SMILES string of the molecule is COc1c(C=O)cccc1-c1ccc(C(=O)N(C)C)cc1. The third-order valence-corrected chi connectivity index (χ3v) is 3.23. The molecule has 0 aliphatic carbocycles. The van der Waals surface area contributed by atoms with Gasteiger partial charge in [0.1, 0.15) is 5.75 Å². The van der Waals surface area contributed by atoms with Crippen molar-refractivity contribution in [3.63, 3.8) is 0 Å². The summed E-state index contributed by atoms with van der Waals surface area (Å²) in [6, 6.07) is 12.6. The normalized spacial score (nSPS) is 10.0. The standard InChI is InChI=1S/C17H17NO3/c1-18(2)17(20)13-9-7-12(8-10-13)15-6-4-5-14(11-19)16(15)21-3/h4-11H,1-3H3. The number of rotatable bonds is 4. The molecule has 21 heavy (non-hydrogen) atoms. The van der Waals surface area contributed by atoms with Crippen LogP contribution in [0.4, 0.5) is 0 Å². The predicted molar refractivity (Wildman–Crippen MR) is 81.8 cm³/mol. The number of aldehydes is 1. The molecule has 0 saturated carbocycles. The van der Waals surface area contributed by atoms with E-state index in [9.17, 15) is 9.59 Å². The van der Waals surface area contributed by atoms with Crippen LogP contribution in [0.1, 0.15) is 20.7 Å². The lowest BCUT2D eigenvalue weighted by Gasteiger charge is -2.13. The molecule has 0 unspecified atom stereocenters. The number of hydrogen-bond acceptors (Lipinski definition) is 3. The first-order valence-corrected chi connectivity index (χ1v) is 6.52. The number of carbonyl (C=O) groups is 2. The van der Waals surface area contributed by atoms with Crippen molar-refractivity contribution < 1.29 is 14.3 Å². The van der Waals surface area contributed by atoms with Crippen LogP contribution in [0.2, 0.25) is 0 Å². The highest BCUT2D eigenvalue weighted by atomic mass is 16.5. The van der Waals surface area contributed by atoms with Crippen LogP contribution in [0.5, 0.6) is 5.75 Å². The molecule has 0 aromatic heterocycles. The molecule has 0 saturated heterocycles. The van der Waals surface area contributed by atoms with Crippen molar-refractivity contribution in [1.82, 2.24) is 4.90 Å². The van der Waals surface area contributed by atoms with Gasteiger partial charge in [-0.05, 0) is 23.8 Å². The van der Waals surface area contributed by atoms with Crippen molar-refractivity contribution in [2.75, 3.05) is 21.2 Å². The van der Waals surface area contributed by atoms with E-state index in [0.717, 1.165) is 17.4 Å². The van der Waals surface area contributed by atoms with Gasteiger partial charge < -0.3 is 9.64 Å². The highest BCUT2D eigenvalue weighted by molar-refractivity contribution is 5.94. The molecule has 4 nitrogen and oxygen atoms in total. The number of methoxy groups -OCH3 is 1. The molecule has 2 aromatic rings. The van der Waals surface area contributed by atoms with Crippen LogP contribution in [0, 0.1) is 0 Å². The zero-order valence-electron chi connectivity index (χ0n) is 12.3. The van der Waals surface area contributed by atoms with Gasteiger partial charge in [-0.1, -0.05) is 24.3 Å². The molecule has 0 heterocycles. The molecule has 0 aliphatic heterocycles. The summed E-state index contributed by atoms with van der Waals surface area (Å²) in [7, 11) is 4.97. The first kappa shape index (κ1) is 14.8. The Balaban J connectivity index is 2.44. The Labute approximate surface area is 124 Å². The summed E-state index contributed by atoms with van der Waals surface area (Å²) < 4.78 is 5.33. The Morgan fingerprint density at radius 2 is 1.76 bits per heavy atom. The monoisotopic (exact) mass is 283 g/mol. The number of amides is 1. The quantitative estimate of drug-likeness (QED) is 0.811. The fourth-order valence-corrected chi connectivity index (χ4v) is 2.15. The van der Waals surface area contributed by atoms with Crippen molar-refractivity contribution in [3.05, 3.63) is 53.6 Å². The predicted octanol–water partition coefficient (Wildman–Crippen LogP) is 2.88. The first-order chi connectivity index (χ1) is 10.1. The van der Waals surface area contributed by atoms with Crippen LogP contribution in [0.25, 0.3) is 11.1 Å². The van der Waals surface area contributed by atoms with Gasteiger partial charge in [0.15, 0.2) is 6.29 Å². The van der Waals surface area contributed by atoms with E-state index < -0.39 is 0 Å². The molecule has 0 spiro atoms. The van der Waals surface area contributed by atoms with Gasteiger partial charge in [-0.3, -0.25) is 9.59 Å². The molecule has 0 atom stereocenters. The Hall–Kier alpha value is -2.62. The average molecular weight is 283 g/mol. The van der Waals surface area contributed by atoms with Crippen molar-refractivity contribution in [2.45, 2.75) is 0 Å². The lowest BCUT2D eigenvalue weighted by molar-refractivity contribution is 0.0827. The zero-order valence-corrected chi connectivity index (χ0v) is 12.3. The smallest absolute Gasteiger partial charge is 0.253 e. The van der Waals surface area contributed by atoms with E-state index in [2.05, 4.69) is 0 Å². The number of nitrogens with zero attached hydrogens (tertiary/aromatic N) is 1. The molecule has 108 valence electrons. The van der Waals surface area contributed by atoms with Crippen LogP contribution in [-0.2, 0) is 0 Å². The van der Waals surface area contributed by atoms with Crippen molar-refractivity contribution >= 4 is 12.2 Å². The van der Waals surface area contributed by atoms with E-state index in [1.807, 2.05) is 18.2 Å². The highest BCUT2D eigenvalue weighted by Gasteiger charge is 2.12. The molecule has 0 N–H and O–H groups in total. The van der Waals surface area contributed by atoms with Crippen LogP contribution < -0.4 is 4.74 Å². The second kappa shape index (κ2) is 6.22. The van der Waals surface area contributed by atoms with E-state index in [1.54, 1.807) is 38.4 Å². The van der Waals surface area contributed by atoms with Crippen molar-refractivity contribution in [1.29, 1.82) is 0 Å². The van der Waals surface area contributed by atoms with E-state index in [0.29, 0.717) is 16.9 Å². The summed E-state index contributed by atoms with van der Waals surface area (Å²) >= 11 is 0. The number of carbonyl (C=O) groups excluding carboxylic acids is 2. The summed E-state index contributed by atoms with van der Waals surface area (Å²) in [4.78, 5) is 24.5. The summed E-state index contributed by atoms with van der Waals surface area (Å²) in [6.07, 6.45) is 0.770. The minimum Gasteiger partial charge on any atom is -0.495 e. The number of benzene rings is 2. The molecule has 1 amide bonds. The van der Waals surface area contributed by atoms with Gasteiger partial charge in [0.05, 0.1) is 12.7 Å². The van der Waals surface area contributed by atoms with Gasteiger partial charge in [0.25, 0.3) is 5.91 Å². The minimum absolute atomic E-state index is 0.0462. The first-order valence-electron chi connectivity index (χ1n) is 6.52. The Morgan fingerprint density at radius 1 is 1.10 bits per heavy atom. The lowest BCUT2D eigenvalue weighted by Crippen LogP contribution is -2.21. The minimum atomic E-state index is -0.0462. The Morgan fingerprint density at radius 3 is 2.29 bits per heavy atom. The van der Waals surface area contributed by atoms with E-state index in [-0.39, 0.29) is 5.91 Å². The topological polar surface area (TPSA) is 46.6 Å². The van der Waals surface area contributed by atoms with Gasteiger partial charge in [-0.2, -0.15) is 0 Å². The van der Waals surface area contributed by atoms with Crippen molar-refractivity contribution in [3.8, 4) is 16.9 Å². The van der Waals surface area contributed by atoms with Gasteiger partial charge in [0, 0.05) is 25.2 Å². The second-order valence-electron chi connectivity index (χ2n) is 4.82. The molecule has 0 aliphatic rings. The Bertz CT molecular complexity index is 660. The summed E-state index contributed by atoms with van der Waals surface area (Å²) in [6.45, 7) is 0. The fraction of sp³-hybridized carbons (Fsp3) is 0.176. The average Bonchev–Trinajstić information content (AvgIpc) is 2.53. The van der Waals surface area contributed by atoms with Crippen LogP contribution >= 0.6 is 0 Å². The highest BCUT2D eigenvalue weighted by Crippen LogP contribution is 2.32. The van der Waals surface area contributed by atoms with Crippen molar-refractivity contribution in [2.24, 2.45) is 0 Å².